The maximum absolute atomic E-state index is 8.54. The molecule has 0 amide bonds. The van der Waals surface area contributed by atoms with Crippen LogP contribution in [-0.2, 0) is 0 Å². The Bertz CT molecular complexity index is 136. The van der Waals surface area contributed by atoms with Gasteiger partial charge in [-0.1, -0.05) is 37.1 Å². The van der Waals surface area contributed by atoms with Crippen LogP contribution in [0.3, 0.4) is 0 Å². The molecule has 0 aromatic rings. The highest BCUT2D eigenvalue weighted by Crippen LogP contribution is 2.03. The third-order valence-electron chi connectivity index (χ3n) is 1.95. The van der Waals surface area contributed by atoms with Crippen molar-refractivity contribution in [1.29, 1.82) is 0 Å². The van der Waals surface area contributed by atoms with Gasteiger partial charge in [0.1, 0.15) is 0 Å². The third kappa shape index (κ3) is 11.4. The third-order valence-corrected chi connectivity index (χ3v) is 1.95. The van der Waals surface area contributed by atoms with E-state index in [0.29, 0.717) is 6.61 Å². The predicted octanol–water partition coefficient (Wildman–Crippen LogP) is 3.45. The number of hydrogen-bond acceptors (Lipinski definition) is 1. The molecule has 76 valence electrons. The molecule has 0 unspecified atom stereocenters. The highest BCUT2D eigenvalue weighted by molar-refractivity contribution is 4.91. The van der Waals surface area contributed by atoms with Gasteiger partial charge in [0.05, 0.1) is 0 Å². The van der Waals surface area contributed by atoms with Crippen molar-refractivity contribution in [1.82, 2.24) is 0 Å². The molecule has 0 saturated heterocycles. The van der Waals surface area contributed by atoms with Crippen molar-refractivity contribution in [3.05, 3.63) is 24.3 Å². The lowest BCUT2D eigenvalue weighted by molar-refractivity contribution is 0.282. The van der Waals surface area contributed by atoms with E-state index in [1.54, 1.807) is 0 Å². The Morgan fingerprint density at radius 2 is 1.69 bits per heavy atom. The van der Waals surface area contributed by atoms with Crippen LogP contribution < -0.4 is 0 Å². The van der Waals surface area contributed by atoms with Crippen LogP contribution in [0.4, 0.5) is 0 Å². The van der Waals surface area contributed by atoms with Gasteiger partial charge in [0.15, 0.2) is 0 Å². The molecule has 0 aliphatic carbocycles. The molecule has 1 heteroatoms. The molecule has 1 N–H and O–H groups in total. The lowest BCUT2D eigenvalue weighted by atomic mass is 10.1. The van der Waals surface area contributed by atoms with Gasteiger partial charge < -0.3 is 5.11 Å². The van der Waals surface area contributed by atoms with Crippen molar-refractivity contribution in [3.63, 3.8) is 0 Å². The van der Waals surface area contributed by atoms with Crippen LogP contribution in [-0.4, -0.2) is 11.7 Å². The zero-order chi connectivity index (χ0) is 9.78. The molecule has 0 rings (SSSR count). The van der Waals surface area contributed by atoms with Crippen molar-refractivity contribution in [2.45, 2.75) is 45.4 Å². The van der Waals surface area contributed by atoms with Crippen LogP contribution in [0.25, 0.3) is 0 Å². The van der Waals surface area contributed by atoms with Gasteiger partial charge in [-0.15, -0.1) is 0 Å². The van der Waals surface area contributed by atoms with E-state index in [4.69, 9.17) is 5.11 Å². The van der Waals surface area contributed by atoms with Gasteiger partial charge in [-0.25, -0.2) is 0 Å². The molecular weight excluding hydrogens is 160 g/mol. The van der Waals surface area contributed by atoms with E-state index in [-0.39, 0.29) is 0 Å². The second-order valence-electron chi connectivity index (χ2n) is 3.20. The Morgan fingerprint density at radius 3 is 2.38 bits per heavy atom. The smallest absolute Gasteiger partial charge is 0.0431 e. The Hall–Kier alpha value is -0.560. The average molecular weight is 182 g/mol. The van der Waals surface area contributed by atoms with Crippen molar-refractivity contribution in [2.75, 3.05) is 6.61 Å². The fourth-order valence-electron chi connectivity index (χ4n) is 1.16. The predicted molar refractivity (Wildman–Crippen MR) is 58.7 cm³/mol. The number of allylic oxidation sites excluding steroid dienone is 4. The number of hydrogen-bond donors (Lipinski definition) is 1. The number of aliphatic hydroxyl groups excluding tert-OH is 1. The Kier molecular flexibility index (Phi) is 10.9. The summed E-state index contributed by atoms with van der Waals surface area (Å²) in [5.41, 5.74) is 0. The molecule has 0 radical (unpaired) electrons. The highest BCUT2D eigenvalue weighted by atomic mass is 16.2. The quantitative estimate of drug-likeness (QED) is 0.450. The first-order valence-corrected chi connectivity index (χ1v) is 5.28. The van der Waals surface area contributed by atoms with Crippen molar-refractivity contribution in [3.8, 4) is 0 Å². The highest BCUT2D eigenvalue weighted by Gasteiger charge is 1.86. The molecule has 0 spiro atoms. The SMILES string of the molecule is C/C=C/C/C=C/CCCCCCO. The molecule has 0 bridgehead atoms. The van der Waals surface area contributed by atoms with Crippen molar-refractivity contribution in [2.24, 2.45) is 0 Å². The largest absolute Gasteiger partial charge is 0.396 e. The van der Waals surface area contributed by atoms with Gasteiger partial charge in [-0.05, 0) is 32.6 Å². The standard InChI is InChI=1S/C12H22O/c1-2-3-4-5-6-7-8-9-10-11-12-13/h2-3,5-6,13H,4,7-12H2,1H3/b3-2+,6-5+. The summed E-state index contributed by atoms with van der Waals surface area (Å²) in [6, 6.07) is 0. The molecular formula is C12H22O. The molecule has 0 aromatic heterocycles. The minimum absolute atomic E-state index is 0.344. The fourth-order valence-corrected chi connectivity index (χ4v) is 1.16. The first-order valence-electron chi connectivity index (χ1n) is 5.28. The Balaban J connectivity index is 3.02. The van der Waals surface area contributed by atoms with E-state index in [0.717, 1.165) is 12.8 Å². The minimum atomic E-state index is 0.344. The van der Waals surface area contributed by atoms with Crippen LogP contribution in [0.5, 0.6) is 0 Å². The molecule has 0 aliphatic rings. The summed E-state index contributed by atoms with van der Waals surface area (Å²) in [5.74, 6) is 0. The first kappa shape index (κ1) is 12.4. The van der Waals surface area contributed by atoms with E-state index >= 15 is 0 Å². The molecule has 1 nitrogen and oxygen atoms in total. The second-order valence-corrected chi connectivity index (χ2v) is 3.20. The van der Waals surface area contributed by atoms with Crippen LogP contribution in [0, 0.1) is 0 Å². The molecule has 0 heterocycles. The van der Waals surface area contributed by atoms with Gasteiger partial charge in [0.2, 0.25) is 0 Å². The summed E-state index contributed by atoms with van der Waals surface area (Å²) in [7, 11) is 0. The normalized spacial score (nSPS) is 11.8. The van der Waals surface area contributed by atoms with E-state index in [9.17, 15) is 0 Å². The van der Waals surface area contributed by atoms with Gasteiger partial charge in [0, 0.05) is 6.61 Å². The summed E-state index contributed by atoms with van der Waals surface area (Å²) < 4.78 is 0. The minimum Gasteiger partial charge on any atom is -0.396 e. The van der Waals surface area contributed by atoms with Gasteiger partial charge in [-0.2, -0.15) is 0 Å². The maximum Gasteiger partial charge on any atom is 0.0431 e. The van der Waals surface area contributed by atoms with Crippen molar-refractivity contribution >= 4 is 0 Å². The Morgan fingerprint density at radius 1 is 0.923 bits per heavy atom. The van der Waals surface area contributed by atoms with Gasteiger partial charge in [0.25, 0.3) is 0 Å². The first-order chi connectivity index (χ1) is 6.41. The summed E-state index contributed by atoms with van der Waals surface area (Å²) in [4.78, 5) is 0. The lowest BCUT2D eigenvalue weighted by Crippen LogP contribution is -1.82. The summed E-state index contributed by atoms with van der Waals surface area (Å²) in [6.45, 7) is 2.39. The summed E-state index contributed by atoms with van der Waals surface area (Å²) in [6.07, 6.45) is 15.6. The molecule has 0 fully saturated rings. The van der Waals surface area contributed by atoms with E-state index in [1.807, 2.05) is 6.92 Å². The fraction of sp³-hybridized carbons (Fsp3) is 0.667. The monoisotopic (exact) mass is 182 g/mol. The van der Waals surface area contributed by atoms with Crippen LogP contribution in [0.15, 0.2) is 24.3 Å². The molecule has 0 aliphatic heterocycles. The van der Waals surface area contributed by atoms with Gasteiger partial charge in [-0.3, -0.25) is 0 Å². The Labute approximate surface area is 82.2 Å². The second kappa shape index (κ2) is 11.4. The molecule has 0 aromatic carbocycles. The molecule has 0 atom stereocenters. The lowest BCUT2D eigenvalue weighted by Gasteiger charge is -1.95. The zero-order valence-electron chi connectivity index (χ0n) is 8.71. The number of unbranched alkanes of at least 4 members (excludes halogenated alkanes) is 4. The van der Waals surface area contributed by atoms with E-state index < -0.39 is 0 Å². The van der Waals surface area contributed by atoms with E-state index in [1.165, 1.54) is 25.7 Å². The van der Waals surface area contributed by atoms with Crippen molar-refractivity contribution < 1.29 is 5.11 Å². The van der Waals surface area contributed by atoms with E-state index in [2.05, 4.69) is 24.3 Å². The number of aliphatic hydroxyl groups is 1. The summed E-state index contributed by atoms with van der Waals surface area (Å²) >= 11 is 0. The van der Waals surface area contributed by atoms with Crippen LogP contribution in [0.2, 0.25) is 0 Å². The molecule has 13 heavy (non-hydrogen) atoms. The zero-order valence-corrected chi connectivity index (χ0v) is 8.71. The summed E-state index contributed by atoms with van der Waals surface area (Å²) in [5, 5.41) is 8.54. The van der Waals surface area contributed by atoms with Gasteiger partial charge >= 0.3 is 0 Å². The van der Waals surface area contributed by atoms with Crippen LogP contribution >= 0.6 is 0 Å². The maximum atomic E-state index is 8.54. The topological polar surface area (TPSA) is 20.2 Å². The van der Waals surface area contributed by atoms with Crippen LogP contribution in [0.1, 0.15) is 45.4 Å². The molecule has 0 saturated carbocycles. The number of rotatable bonds is 8. The average Bonchev–Trinajstić information content (AvgIpc) is 2.16.